The SMILES string of the molecule is Cc1ncc(-c2cnn(C)c2Br)[nH]1. The van der Waals surface area contributed by atoms with Crippen LogP contribution in [-0.2, 0) is 7.05 Å². The number of imidazole rings is 1. The zero-order valence-corrected chi connectivity index (χ0v) is 8.96. The normalized spacial score (nSPS) is 10.7. The summed E-state index contributed by atoms with van der Waals surface area (Å²) in [6, 6.07) is 0. The van der Waals surface area contributed by atoms with Crippen molar-refractivity contribution < 1.29 is 0 Å². The number of hydrogen-bond acceptors (Lipinski definition) is 2. The lowest BCUT2D eigenvalue weighted by molar-refractivity contribution is 0.750. The number of aromatic amines is 1. The Kier molecular flexibility index (Phi) is 1.95. The Labute approximate surface area is 84.1 Å². The van der Waals surface area contributed by atoms with Gasteiger partial charge in [0.25, 0.3) is 0 Å². The van der Waals surface area contributed by atoms with Gasteiger partial charge in [-0.25, -0.2) is 4.98 Å². The van der Waals surface area contributed by atoms with E-state index in [1.54, 1.807) is 17.1 Å². The van der Waals surface area contributed by atoms with E-state index in [-0.39, 0.29) is 0 Å². The van der Waals surface area contributed by atoms with Crippen LogP contribution >= 0.6 is 15.9 Å². The van der Waals surface area contributed by atoms with E-state index in [4.69, 9.17) is 0 Å². The van der Waals surface area contributed by atoms with Crippen molar-refractivity contribution in [3.05, 3.63) is 22.8 Å². The summed E-state index contributed by atoms with van der Waals surface area (Å²) in [5, 5.41) is 4.12. The predicted molar refractivity (Wildman–Crippen MR) is 53.2 cm³/mol. The summed E-state index contributed by atoms with van der Waals surface area (Å²) < 4.78 is 2.72. The van der Waals surface area contributed by atoms with Crippen LogP contribution in [0.3, 0.4) is 0 Å². The minimum atomic E-state index is 0.908. The summed E-state index contributed by atoms with van der Waals surface area (Å²) in [6.45, 7) is 1.92. The van der Waals surface area contributed by atoms with Crippen molar-refractivity contribution in [2.24, 2.45) is 7.05 Å². The topological polar surface area (TPSA) is 46.5 Å². The molecule has 0 saturated carbocycles. The van der Waals surface area contributed by atoms with E-state index >= 15 is 0 Å². The van der Waals surface area contributed by atoms with Gasteiger partial charge in [-0.1, -0.05) is 0 Å². The molecule has 0 saturated heterocycles. The molecule has 2 aromatic heterocycles. The highest BCUT2D eigenvalue weighted by molar-refractivity contribution is 9.10. The second-order valence-electron chi connectivity index (χ2n) is 2.85. The van der Waals surface area contributed by atoms with Gasteiger partial charge in [0.05, 0.1) is 23.7 Å². The van der Waals surface area contributed by atoms with E-state index in [1.165, 1.54) is 0 Å². The lowest BCUT2D eigenvalue weighted by atomic mass is 10.3. The summed E-state index contributed by atoms with van der Waals surface area (Å²) in [5.41, 5.74) is 2.01. The molecule has 68 valence electrons. The summed E-state index contributed by atoms with van der Waals surface area (Å²) >= 11 is 3.45. The maximum Gasteiger partial charge on any atom is 0.113 e. The number of aryl methyl sites for hydroxylation is 2. The number of hydrogen-bond donors (Lipinski definition) is 1. The van der Waals surface area contributed by atoms with Crippen LogP contribution in [0.5, 0.6) is 0 Å². The molecule has 2 aromatic rings. The van der Waals surface area contributed by atoms with E-state index in [0.29, 0.717) is 0 Å². The van der Waals surface area contributed by atoms with Crippen molar-refractivity contribution in [3.8, 4) is 11.3 Å². The van der Waals surface area contributed by atoms with E-state index in [9.17, 15) is 0 Å². The van der Waals surface area contributed by atoms with Crippen LogP contribution in [0.2, 0.25) is 0 Å². The first-order valence-electron chi connectivity index (χ1n) is 3.88. The zero-order chi connectivity index (χ0) is 9.42. The molecule has 0 unspecified atom stereocenters. The first-order chi connectivity index (χ1) is 6.18. The first-order valence-corrected chi connectivity index (χ1v) is 4.67. The minimum Gasteiger partial charge on any atom is -0.342 e. The Balaban J connectivity index is 2.52. The van der Waals surface area contributed by atoms with Crippen LogP contribution in [0.1, 0.15) is 5.82 Å². The molecule has 0 radical (unpaired) electrons. The van der Waals surface area contributed by atoms with Crippen molar-refractivity contribution in [2.45, 2.75) is 6.92 Å². The lowest BCUT2D eigenvalue weighted by Crippen LogP contribution is -1.88. The van der Waals surface area contributed by atoms with E-state index in [1.807, 2.05) is 14.0 Å². The van der Waals surface area contributed by atoms with E-state index < -0.39 is 0 Å². The highest BCUT2D eigenvalue weighted by Crippen LogP contribution is 2.25. The summed E-state index contributed by atoms with van der Waals surface area (Å²) in [4.78, 5) is 7.28. The van der Waals surface area contributed by atoms with Gasteiger partial charge in [0.15, 0.2) is 0 Å². The predicted octanol–water partition coefficient (Wildman–Crippen LogP) is 1.88. The lowest BCUT2D eigenvalue weighted by Gasteiger charge is -1.94. The summed E-state index contributed by atoms with van der Waals surface area (Å²) in [6.07, 6.45) is 3.61. The quantitative estimate of drug-likeness (QED) is 0.828. The van der Waals surface area contributed by atoms with Gasteiger partial charge in [0.2, 0.25) is 0 Å². The first kappa shape index (κ1) is 8.50. The molecule has 2 heterocycles. The Bertz CT molecular complexity index is 429. The van der Waals surface area contributed by atoms with Gasteiger partial charge >= 0.3 is 0 Å². The molecule has 0 bridgehead atoms. The summed E-state index contributed by atoms with van der Waals surface area (Å²) in [7, 11) is 1.89. The largest absolute Gasteiger partial charge is 0.342 e. The molecule has 4 nitrogen and oxygen atoms in total. The molecular weight excluding hydrogens is 232 g/mol. The Morgan fingerprint density at radius 3 is 2.69 bits per heavy atom. The number of halogens is 1. The second-order valence-corrected chi connectivity index (χ2v) is 3.61. The third kappa shape index (κ3) is 1.39. The third-order valence-corrected chi connectivity index (χ3v) is 2.80. The van der Waals surface area contributed by atoms with Gasteiger partial charge in [0.1, 0.15) is 10.4 Å². The number of H-pyrrole nitrogens is 1. The molecule has 13 heavy (non-hydrogen) atoms. The molecule has 0 atom stereocenters. The van der Waals surface area contributed by atoms with Gasteiger partial charge in [0, 0.05) is 7.05 Å². The fourth-order valence-corrected chi connectivity index (χ4v) is 1.57. The molecule has 0 fully saturated rings. The number of nitrogens with zero attached hydrogens (tertiary/aromatic N) is 3. The van der Waals surface area contributed by atoms with Crippen molar-refractivity contribution in [1.29, 1.82) is 0 Å². The summed E-state index contributed by atoms with van der Waals surface area (Å²) in [5.74, 6) is 0.908. The molecule has 5 heteroatoms. The third-order valence-electron chi connectivity index (χ3n) is 1.86. The van der Waals surface area contributed by atoms with Crippen molar-refractivity contribution >= 4 is 15.9 Å². The van der Waals surface area contributed by atoms with E-state index in [0.717, 1.165) is 21.7 Å². The highest BCUT2D eigenvalue weighted by Gasteiger charge is 2.08. The van der Waals surface area contributed by atoms with Gasteiger partial charge in [-0.2, -0.15) is 5.10 Å². The van der Waals surface area contributed by atoms with Crippen LogP contribution in [0.4, 0.5) is 0 Å². The number of aromatic nitrogens is 4. The minimum absolute atomic E-state index is 0.908. The number of nitrogens with one attached hydrogen (secondary N) is 1. The fourth-order valence-electron chi connectivity index (χ4n) is 1.16. The Morgan fingerprint density at radius 1 is 1.46 bits per heavy atom. The van der Waals surface area contributed by atoms with Crippen LogP contribution in [0.25, 0.3) is 11.3 Å². The highest BCUT2D eigenvalue weighted by atomic mass is 79.9. The molecule has 1 N–H and O–H groups in total. The van der Waals surface area contributed by atoms with Gasteiger partial charge in [-0.3, -0.25) is 4.68 Å². The van der Waals surface area contributed by atoms with Crippen LogP contribution in [0.15, 0.2) is 17.0 Å². The molecule has 0 aliphatic rings. The fraction of sp³-hybridized carbons (Fsp3) is 0.250. The van der Waals surface area contributed by atoms with Gasteiger partial charge in [-0.05, 0) is 22.9 Å². The molecule has 2 rings (SSSR count). The maximum absolute atomic E-state index is 4.13. The van der Waals surface area contributed by atoms with Gasteiger partial charge in [-0.15, -0.1) is 0 Å². The molecule has 0 aromatic carbocycles. The zero-order valence-electron chi connectivity index (χ0n) is 7.37. The molecule has 0 aliphatic carbocycles. The monoisotopic (exact) mass is 240 g/mol. The van der Waals surface area contributed by atoms with Crippen LogP contribution in [0, 0.1) is 6.92 Å². The Hall–Kier alpha value is -1.10. The maximum atomic E-state index is 4.13. The average molecular weight is 241 g/mol. The second kappa shape index (κ2) is 2.99. The van der Waals surface area contributed by atoms with Gasteiger partial charge < -0.3 is 4.98 Å². The standard InChI is InChI=1S/C8H9BrN4/c1-5-10-4-7(12-5)6-3-11-13(2)8(6)9/h3-4H,1-2H3,(H,10,12). The Morgan fingerprint density at radius 2 is 2.23 bits per heavy atom. The van der Waals surface area contributed by atoms with Crippen LogP contribution < -0.4 is 0 Å². The number of rotatable bonds is 1. The van der Waals surface area contributed by atoms with Crippen LogP contribution in [-0.4, -0.2) is 19.7 Å². The molecule has 0 amide bonds. The van der Waals surface area contributed by atoms with Crippen molar-refractivity contribution in [2.75, 3.05) is 0 Å². The molecular formula is C8H9BrN4. The molecule has 0 spiro atoms. The van der Waals surface area contributed by atoms with Crippen molar-refractivity contribution in [3.63, 3.8) is 0 Å². The average Bonchev–Trinajstić information content (AvgIpc) is 2.62. The smallest absolute Gasteiger partial charge is 0.113 e. The molecule has 0 aliphatic heterocycles. The van der Waals surface area contributed by atoms with E-state index in [2.05, 4.69) is 31.0 Å². The van der Waals surface area contributed by atoms with Crippen molar-refractivity contribution in [1.82, 2.24) is 19.7 Å².